The average Bonchev–Trinajstić information content (AvgIpc) is 3.49. The van der Waals surface area contributed by atoms with Gasteiger partial charge in [0, 0.05) is 51.6 Å². The van der Waals surface area contributed by atoms with E-state index in [9.17, 15) is 26.7 Å². The van der Waals surface area contributed by atoms with Gasteiger partial charge < -0.3 is 24.0 Å². The smallest absolute Gasteiger partial charge is 0.280 e. The Balaban J connectivity index is 1.68. The van der Waals surface area contributed by atoms with Crippen molar-refractivity contribution in [3.63, 3.8) is 0 Å². The second-order valence-corrected chi connectivity index (χ2v) is 15.8. The predicted molar refractivity (Wildman–Crippen MR) is 177 cm³/mol. The van der Waals surface area contributed by atoms with Crippen LogP contribution in [0, 0.1) is 5.92 Å². The van der Waals surface area contributed by atoms with Crippen LogP contribution >= 0.6 is 0 Å². The molecule has 0 unspecified atom stereocenters. The number of fused-ring (bicyclic) bond motifs is 1. The van der Waals surface area contributed by atoms with Gasteiger partial charge in [-0.1, -0.05) is 25.1 Å². The van der Waals surface area contributed by atoms with Crippen LogP contribution in [0.3, 0.4) is 0 Å². The molecular weight excluding hydrogens is 647 g/mol. The van der Waals surface area contributed by atoms with Gasteiger partial charge in [0.1, 0.15) is 5.75 Å². The molecule has 1 amide bonds. The average molecular weight is 692 g/mol. The van der Waals surface area contributed by atoms with Crippen LogP contribution in [0.2, 0.25) is 0 Å². The van der Waals surface area contributed by atoms with Crippen LogP contribution in [0.15, 0.2) is 71.0 Å². The second kappa shape index (κ2) is 15.6. The largest absolute Gasteiger partial charge is 0.490 e. The minimum absolute atomic E-state index is 0.0451. The molecule has 4 rings (SSSR count). The molecule has 15 heteroatoms. The second-order valence-electron chi connectivity index (χ2n) is 12.1. The maximum atomic E-state index is 14.3. The Morgan fingerprint density at radius 2 is 1.83 bits per heavy atom. The zero-order valence-electron chi connectivity index (χ0n) is 27.4. The number of carbonyl (C=O) groups excluding carboxylic acids is 1. The number of carbonyl (C=O) groups is 1. The van der Waals surface area contributed by atoms with Crippen LogP contribution in [0.5, 0.6) is 5.75 Å². The third kappa shape index (κ3) is 9.11. The lowest BCUT2D eigenvalue weighted by Crippen LogP contribution is -2.48. The molecule has 0 spiro atoms. The topological polar surface area (TPSA) is 160 Å². The van der Waals surface area contributed by atoms with Crippen LogP contribution in [0.4, 0.5) is 5.69 Å². The molecule has 0 radical (unpaired) electrons. The first-order chi connectivity index (χ1) is 22.2. The van der Waals surface area contributed by atoms with Crippen molar-refractivity contribution in [2.45, 2.75) is 68.2 Å². The molecule has 1 aliphatic heterocycles. The number of likely N-dealkylation sites (N-methyl/N-ethyl adjacent to an activating group) is 1. The number of aliphatic hydroxyl groups excluding tert-OH is 1. The summed E-state index contributed by atoms with van der Waals surface area (Å²) in [5, 5.41) is 10.0. The molecule has 2 aromatic carbocycles. The summed E-state index contributed by atoms with van der Waals surface area (Å²) in [6, 6.07) is 12.0. The molecule has 0 fully saturated rings. The number of sulfonamides is 2. The number of hydrogen-bond donors (Lipinski definition) is 2. The zero-order chi connectivity index (χ0) is 34.4. The lowest BCUT2D eigenvalue weighted by atomic mass is 10.0. The maximum Gasteiger partial charge on any atom is 0.280 e. The Kier molecular flexibility index (Phi) is 12.1. The number of aromatic nitrogens is 2. The van der Waals surface area contributed by atoms with E-state index < -0.39 is 38.1 Å². The van der Waals surface area contributed by atoms with E-state index in [0.29, 0.717) is 19.4 Å². The Morgan fingerprint density at radius 1 is 1.11 bits per heavy atom. The highest BCUT2D eigenvalue weighted by atomic mass is 32.2. The minimum atomic E-state index is -4.05. The standard InChI is InChI=1S/C32H45N5O8S2/c1-23-18-37(24(2)21-38)32(39)28-17-26(34-46(40,41)31-20-35(4)22-33-31)14-15-29(28)45-25(3)11-9-10-16-44-30(23)19-36(5)47(42,43)27-12-7-6-8-13-27/h6-8,12-15,17,20,22-25,30,34,38H,9-11,16,18-19,21H2,1-5H3/t23-,24-,25-,30-/m0/s1. The number of nitrogens with zero attached hydrogens (tertiary/aromatic N) is 4. The van der Waals surface area contributed by atoms with Gasteiger partial charge in [0.15, 0.2) is 5.03 Å². The number of aryl methyl sites for hydroxylation is 1. The summed E-state index contributed by atoms with van der Waals surface area (Å²) in [6.45, 7) is 5.67. The summed E-state index contributed by atoms with van der Waals surface area (Å²) in [4.78, 5) is 19.9. The number of nitrogens with one attached hydrogen (secondary N) is 1. The van der Waals surface area contributed by atoms with Crippen molar-refractivity contribution in [1.82, 2.24) is 18.8 Å². The van der Waals surface area contributed by atoms with E-state index in [1.165, 1.54) is 45.5 Å². The van der Waals surface area contributed by atoms with Gasteiger partial charge in [0.2, 0.25) is 10.0 Å². The number of ether oxygens (including phenoxy) is 2. The van der Waals surface area contributed by atoms with Crippen molar-refractivity contribution in [2.24, 2.45) is 13.0 Å². The molecule has 0 saturated carbocycles. The zero-order valence-corrected chi connectivity index (χ0v) is 29.1. The fourth-order valence-electron chi connectivity index (χ4n) is 5.31. The highest BCUT2D eigenvalue weighted by Crippen LogP contribution is 2.29. The van der Waals surface area contributed by atoms with Crippen LogP contribution in [-0.4, -0.2) is 98.2 Å². The van der Waals surface area contributed by atoms with E-state index in [2.05, 4.69) is 9.71 Å². The first-order valence-electron chi connectivity index (χ1n) is 15.6. The lowest BCUT2D eigenvalue weighted by molar-refractivity contribution is -0.00833. The Morgan fingerprint density at radius 3 is 2.49 bits per heavy atom. The Labute approximate surface area is 277 Å². The van der Waals surface area contributed by atoms with Gasteiger partial charge in [0.05, 0.1) is 41.6 Å². The van der Waals surface area contributed by atoms with E-state index in [4.69, 9.17) is 9.47 Å². The number of rotatable bonds is 9. The highest BCUT2D eigenvalue weighted by molar-refractivity contribution is 7.92. The van der Waals surface area contributed by atoms with Gasteiger partial charge >= 0.3 is 0 Å². The van der Waals surface area contributed by atoms with Gasteiger partial charge in [0.25, 0.3) is 15.9 Å². The number of aliphatic hydroxyl groups is 1. The molecule has 47 heavy (non-hydrogen) atoms. The van der Waals surface area contributed by atoms with Gasteiger partial charge in [-0.15, -0.1) is 0 Å². The highest BCUT2D eigenvalue weighted by Gasteiger charge is 2.32. The monoisotopic (exact) mass is 691 g/mol. The summed E-state index contributed by atoms with van der Waals surface area (Å²) >= 11 is 0. The quantitative estimate of drug-likeness (QED) is 0.343. The molecule has 2 N–H and O–H groups in total. The van der Waals surface area contributed by atoms with Crippen molar-refractivity contribution in [3.8, 4) is 5.75 Å². The summed E-state index contributed by atoms with van der Waals surface area (Å²) < 4.78 is 70.5. The molecular formula is C32H45N5O8S2. The van der Waals surface area contributed by atoms with Crippen LogP contribution in [0.25, 0.3) is 0 Å². The first-order valence-corrected chi connectivity index (χ1v) is 18.5. The fraction of sp³-hybridized carbons (Fsp3) is 0.500. The molecule has 0 bridgehead atoms. The molecule has 0 saturated heterocycles. The van der Waals surface area contributed by atoms with Crippen molar-refractivity contribution in [1.29, 1.82) is 0 Å². The van der Waals surface area contributed by atoms with E-state index in [0.717, 1.165) is 6.42 Å². The number of imidazole rings is 1. The van der Waals surface area contributed by atoms with E-state index in [-0.39, 0.29) is 58.6 Å². The third-order valence-corrected chi connectivity index (χ3v) is 11.3. The van der Waals surface area contributed by atoms with Crippen LogP contribution in [-0.2, 0) is 31.8 Å². The maximum absolute atomic E-state index is 14.3. The number of benzene rings is 2. The van der Waals surface area contributed by atoms with Crippen molar-refractivity contribution in [3.05, 3.63) is 66.6 Å². The molecule has 1 aliphatic rings. The van der Waals surface area contributed by atoms with Gasteiger partial charge in [-0.3, -0.25) is 9.52 Å². The lowest BCUT2D eigenvalue weighted by Gasteiger charge is -2.35. The van der Waals surface area contributed by atoms with E-state index >= 15 is 0 Å². The molecule has 13 nitrogen and oxygen atoms in total. The number of amides is 1. The molecule has 2 heterocycles. The van der Waals surface area contributed by atoms with Crippen molar-refractivity contribution >= 4 is 31.6 Å². The van der Waals surface area contributed by atoms with E-state index in [1.54, 1.807) is 50.4 Å². The molecule has 1 aromatic heterocycles. The van der Waals surface area contributed by atoms with E-state index in [1.807, 2.05) is 13.8 Å². The Hall–Kier alpha value is -3.50. The predicted octanol–water partition coefficient (Wildman–Crippen LogP) is 3.34. The number of anilines is 1. The van der Waals surface area contributed by atoms with Crippen LogP contribution in [0.1, 0.15) is 50.4 Å². The molecule has 3 aromatic rings. The molecule has 0 aliphatic carbocycles. The minimum Gasteiger partial charge on any atom is -0.490 e. The SMILES string of the molecule is C[C@H]1CCCCO[C@@H](CN(C)S(=O)(=O)c2ccccc2)[C@@H](C)CN([C@@H](C)CO)C(=O)c2cc(NS(=O)(=O)c3cn(C)cn3)ccc2O1. The fourth-order valence-corrected chi connectivity index (χ4v) is 7.54. The van der Waals surface area contributed by atoms with Gasteiger partial charge in [-0.25, -0.2) is 13.4 Å². The third-order valence-electron chi connectivity index (χ3n) is 8.15. The summed E-state index contributed by atoms with van der Waals surface area (Å²) in [5.74, 6) is -0.566. The summed E-state index contributed by atoms with van der Waals surface area (Å²) in [7, 11) is -4.69. The molecule has 258 valence electrons. The summed E-state index contributed by atoms with van der Waals surface area (Å²) in [5.41, 5.74) is 0.252. The van der Waals surface area contributed by atoms with Crippen molar-refractivity contribution < 1.29 is 36.2 Å². The molecule has 4 atom stereocenters. The number of hydrogen-bond acceptors (Lipinski definition) is 9. The van der Waals surface area contributed by atoms with Gasteiger partial charge in [-0.05, 0) is 63.4 Å². The van der Waals surface area contributed by atoms with Crippen molar-refractivity contribution in [2.75, 3.05) is 38.1 Å². The Bertz CT molecular complexity index is 1720. The van der Waals surface area contributed by atoms with Gasteiger partial charge in [-0.2, -0.15) is 12.7 Å². The van der Waals surface area contributed by atoms with Crippen LogP contribution < -0.4 is 9.46 Å². The normalized spacial score (nSPS) is 21.0. The first kappa shape index (κ1) is 36.3. The summed E-state index contributed by atoms with van der Waals surface area (Å²) in [6.07, 6.45) is 4.02.